The number of unbranched alkanes of at least 4 members (excludes halogenated alkanes) is 2. The van der Waals surface area contributed by atoms with Gasteiger partial charge in [0, 0.05) is 25.2 Å². The quantitative estimate of drug-likeness (QED) is 0.708. The molecule has 0 fully saturated rings. The summed E-state index contributed by atoms with van der Waals surface area (Å²) in [5.41, 5.74) is -0.372. The summed E-state index contributed by atoms with van der Waals surface area (Å²) >= 11 is 0. The van der Waals surface area contributed by atoms with Crippen molar-refractivity contribution in [2.24, 2.45) is 0 Å². The van der Waals surface area contributed by atoms with Gasteiger partial charge in [0.05, 0.1) is 6.42 Å². The van der Waals surface area contributed by atoms with Crippen molar-refractivity contribution >= 4 is 12.0 Å². The topological polar surface area (TPSA) is 60.9 Å². The zero-order valence-electron chi connectivity index (χ0n) is 14.3. The van der Waals surface area contributed by atoms with Crippen LogP contribution in [0.1, 0.15) is 66.7 Å². The minimum atomic E-state index is -0.870. The maximum atomic E-state index is 12.8. The van der Waals surface area contributed by atoms with E-state index in [-0.39, 0.29) is 24.5 Å². The van der Waals surface area contributed by atoms with E-state index in [9.17, 15) is 9.59 Å². The van der Waals surface area contributed by atoms with E-state index in [0.29, 0.717) is 0 Å². The Morgan fingerprint density at radius 1 is 0.952 bits per heavy atom. The molecule has 124 valence electrons. The van der Waals surface area contributed by atoms with Gasteiger partial charge in [-0.15, -0.1) is 0 Å². The SMILES string of the molecule is CCCCN(CCCC)C(=O)N(CCC(=O)O)C(C)(C)C. The molecule has 0 aromatic carbocycles. The van der Waals surface area contributed by atoms with E-state index in [2.05, 4.69) is 13.8 Å². The summed E-state index contributed by atoms with van der Waals surface area (Å²) < 4.78 is 0. The Kier molecular flexibility index (Phi) is 9.06. The maximum Gasteiger partial charge on any atom is 0.320 e. The highest BCUT2D eigenvalue weighted by atomic mass is 16.4. The lowest BCUT2D eigenvalue weighted by Crippen LogP contribution is -2.53. The molecule has 0 aliphatic carbocycles. The van der Waals surface area contributed by atoms with Crippen LogP contribution in [0.5, 0.6) is 0 Å². The van der Waals surface area contributed by atoms with Gasteiger partial charge >= 0.3 is 12.0 Å². The van der Waals surface area contributed by atoms with Gasteiger partial charge in [0.1, 0.15) is 0 Å². The standard InChI is InChI=1S/C16H32N2O3/c1-6-8-11-17(12-9-7-2)15(21)18(16(3,4)5)13-10-14(19)20/h6-13H2,1-5H3,(H,19,20). The Morgan fingerprint density at radius 3 is 1.76 bits per heavy atom. The summed E-state index contributed by atoms with van der Waals surface area (Å²) in [5, 5.41) is 8.88. The van der Waals surface area contributed by atoms with Crippen LogP contribution in [-0.4, -0.2) is 52.1 Å². The summed E-state index contributed by atoms with van der Waals surface area (Å²) in [4.78, 5) is 27.2. The van der Waals surface area contributed by atoms with Gasteiger partial charge in [0.2, 0.25) is 0 Å². The van der Waals surface area contributed by atoms with E-state index in [1.165, 1.54) is 0 Å². The summed E-state index contributed by atoms with van der Waals surface area (Å²) in [7, 11) is 0. The number of urea groups is 1. The number of carbonyl (C=O) groups is 2. The molecule has 0 heterocycles. The average Bonchev–Trinajstić information content (AvgIpc) is 2.37. The summed E-state index contributed by atoms with van der Waals surface area (Å²) in [6.45, 7) is 11.8. The normalized spacial score (nSPS) is 11.3. The number of nitrogens with zero attached hydrogens (tertiary/aromatic N) is 2. The Hall–Kier alpha value is -1.26. The van der Waals surface area contributed by atoms with Crippen molar-refractivity contribution in [3.05, 3.63) is 0 Å². The third-order valence-electron chi connectivity index (χ3n) is 3.42. The molecule has 1 N–H and O–H groups in total. The second-order valence-electron chi connectivity index (χ2n) is 6.44. The summed E-state index contributed by atoms with van der Waals surface area (Å²) in [6.07, 6.45) is 4.03. The average molecular weight is 300 g/mol. The fourth-order valence-electron chi connectivity index (χ4n) is 2.10. The lowest BCUT2D eigenvalue weighted by atomic mass is 10.1. The van der Waals surface area contributed by atoms with E-state index in [0.717, 1.165) is 38.8 Å². The molecule has 0 aliphatic heterocycles. The van der Waals surface area contributed by atoms with Crippen LogP contribution in [-0.2, 0) is 4.79 Å². The highest BCUT2D eigenvalue weighted by Crippen LogP contribution is 2.17. The molecular weight excluding hydrogens is 268 g/mol. The molecule has 0 aliphatic rings. The van der Waals surface area contributed by atoms with Crippen LogP contribution in [0, 0.1) is 0 Å². The predicted octanol–water partition coefficient (Wildman–Crippen LogP) is 3.58. The van der Waals surface area contributed by atoms with Gasteiger partial charge in [-0.1, -0.05) is 26.7 Å². The van der Waals surface area contributed by atoms with Crippen molar-refractivity contribution in [2.75, 3.05) is 19.6 Å². The number of hydrogen-bond donors (Lipinski definition) is 1. The molecule has 0 saturated carbocycles. The summed E-state index contributed by atoms with van der Waals surface area (Å²) in [6, 6.07) is -0.0364. The zero-order chi connectivity index (χ0) is 16.5. The van der Waals surface area contributed by atoms with Crippen molar-refractivity contribution in [3.63, 3.8) is 0 Å². The van der Waals surface area contributed by atoms with Crippen LogP contribution in [0.3, 0.4) is 0 Å². The van der Waals surface area contributed by atoms with Gasteiger partial charge < -0.3 is 14.9 Å². The van der Waals surface area contributed by atoms with Gasteiger partial charge in [-0.3, -0.25) is 4.79 Å². The smallest absolute Gasteiger partial charge is 0.320 e. The van der Waals surface area contributed by atoms with E-state index < -0.39 is 5.97 Å². The molecule has 0 spiro atoms. The molecule has 5 heteroatoms. The highest BCUT2D eigenvalue weighted by molar-refractivity contribution is 5.76. The molecule has 0 aromatic heterocycles. The lowest BCUT2D eigenvalue weighted by molar-refractivity contribution is -0.137. The summed E-state index contributed by atoms with van der Waals surface area (Å²) in [5.74, 6) is -0.870. The molecule has 0 bridgehead atoms. The molecule has 21 heavy (non-hydrogen) atoms. The Morgan fingerprint density at radius 2 is 1.43 bits per heavy atom. The van der Waals surface area contributed by atoms with Gasteiger partial charge in [0.15, 0.2) is 0 Å². The monoisotopic (exact) mass is 300 g/mol. The molecule has 0 aromatic rings. The van der Waals surface area contributed by atoms with E-state index >= 15 is 0 Å². The minimum Gasteiger partial charge on any atom is -0.481 e. The Labute approximate surface area is 129 Å². The van der Waals surface area contributed by atoms with Crippen LogP contribution in [0.4, 0.5) is 4.79 Å². The van der Waals surface area contributed by atoms with Crippen LogP contribution < -0.4 is 0 Å². The lowest BCUT2D eigenvalue weighted by Gasteiger charge is -2.39. The minimum absolute atomic E-state index is 0.0155. The number of rotatable bonds is 9. The van der Waals surface area contributed by atoms with Crippen molar-refractivity contribution < 1.29 is 14.7 Å². The zero-order valence-corrected chi connectivity index (χ0v) is 14.3. The molecule has 0 saturated heterocycles. The molecule has 0 atom stereocenters. The van der Waals surface area contributed by atoms with E-state index in [1.807, 2.05) is 25.7 Å². The van der Waals surface area contributed by atoms with Gasteiger partial charge in [-0.25, -0.2) is 4.79 Å². The molecule has 0 unspecified atom stereocenters. The molecule has 5 nitrogen and oxygen atoms in total. The second-order valence-corrected chi connectivity index (χ2v) is 6.44. The molecule has 2 amide bonds. The van der Waals surface area contributed by atoms with Gasteiger partial charge in [-0.2, -0.15) is 0 Å². The van der Waals surface area contributed by atoms with Crippen molar-refractivity contribution in [1.82, 2.24) is 9.80 Å². The van der Waals surface area contributed by atoms with Crippen molar-refractivity contribution in [1.29, 1.82) is 0 Å². The maximum absolute atomic E-state index is 12.8. The Balaban J connectivity index is 4.94. The molecule has 0 radical (unpaired) electrons. The fraction of sp³-hybridized carbons (Fsp3) is 0.875. The third-order valence-corrected chi connectivity index (χ3v) is 3.42. The first-order valence-corrected chi connectivity index (χ1v) is 8.02. The molecule has 0 rings (SSSR count). The van der Waals surface area contributed by atoms with Crippen molar-refractivity contribution in [3.8, 4) is 0 Å². The van der Waals surface area contributed by atoms with E-state index in [1.54, 1.807) is 4.90 Å². The number of aliphatic carboxylic acids is 1. The first kappa shape index (κ1) is 19.7. The van der Waals surface area contributed by atoms with Crippen LogP contribution in [0.25, 0.3) is 0 Å². The number of amides is 2. The molecular formula is C16H32N2O3. The van der Waals surface area contributed by atoms with Crippen LogP contribution in [0.2, 0.25) is 0 Å². The third kappa shape index (κ3) is 7.93. The highest BCUT2D eigenvalue weighted by Gasteiger charge is 2.29. The largest absolute Gasteiger partial charge is 0.481 e. The Bertz CT molecular complexity index is 316. The number of carbonyl (C=O) groups excluding carboxylic acids is 1. The van der Waals surface area contributed by atoms with Gasteiger partial charge in [-0.05, 0) is 33.6 Å². The van der Waals surface area contributed by atoms with Crippen LogP contribution >= 0.6 is 0 Å². The number of carboxylic acids is 1. The van der Waals surface area contributed by atoms with E-state index in [4.69, 9.17) is 5.11 Å². The van der Waals surface area contributed by atoms with Gasteiger partial charge in [0.25, 0.3) is 0 Å². The first-order chi connectivity index (χ1) is 9.73. The fourth-order valence-corrected chi connectivity index (χ4v) is 2.10. The first-order valence-electron chi connectivity index (χ1n) is 8.02. The number of hydrogen-bond acceptors (Lipinski definition) is 2. The van der Waals surface area contributed by atoms with Crippen LogP contribution in [0.15, 0.2) is 0 Å². The predicted molar refractivity (Wildman–Crippen MR) is 85.5 cm³/mol. The second kappa shape index (κ2) is 9.64. The number of carboxylic acid groups (broad SMARTS) is 1. The van der Waals surface area contributed by atoms with Crippen molar-refractivity contribution in [2.45, 2.75) is 72.3 Å².